The predicted octanol–water partition coefficient (Wildman–Crippen LogP) is 5.01. The molecule has 1 aliphatic rings. The molecule has 132 valence electrons. The largest absolute Gasteiger partial charge is 0.493 e. The molecule has 0 saturated carbocycles. The minimum atomic E-state index is -1.81. The summed E-state index contributed by atoms with van der Waals surface area (Å²) in [5, 5.41) is 5.51. The zero-order chi connectivity index (χ0) is 18.1. The number of methoxy groups -OCH3 is 2. The second kappa shape index (κ2) is 7.44. The van der Waals surface area contributed by atoms with Crippen molar-refractivity contribution in [2.45, 2.75) is 7.59 Å². The molecule has 0 aromatic heterocycles. The van der Waals surface area contributed by atoms with Gasteiger partial charge < -0.3 is 9.47 Å². The molecule has 0 amide bonds. The second-order valence-electron chi connectivity index (χ2n) is 4.50. The number of rotatable bonds is 3. The van der Waals surface area contributed by atoms with Gasteiger partial charge in [-0.3, -0.25) is 5.43 Å². The number of nitrogens with one attached hydrogen (secondary N) is 1. The highest BCUT2D eigenvalue weighted by atomic mass is 35.6. The maximum absolute atomic E-state index is 5.93. The van der Waals surface area contributed by atoms with E-state index in [2.05, 4.69) is 10.5 Å². The first-order valence-electron chi connectivity index (χ1n) is 6.29. The highest BCUT2D eigenvalue weighted by Gasteiger charge is 2.36. The van der Waals surface area contributed by atoms with Gasteiger partial charge in [0.25, 0.3) is 0 Å². The SMILES string of the molecule is COc1ccc(N2N=C(C(Cl)(Cl)Cl)C=C(C(Cl)(Cl)Cl)N2)cc1OC. The molecule has 0 spiro atoms. The molecule has 0 fully saturated rings. The van der Waals surface area contributed by atoms with Crippen molar-refractivity contribution in [2.75, 3.05) is 19.3 Å². The van der Waals surface area contributed by atoms with Crippen molar-refractivity contribution in [3.8, 4) is 11.5 Å². The summed E-state index contributed by atoms with van der Waals surface area (Å²) in [7, 11) is 3.04. The summed E-state index contributed by atoms with van der Waals surface area (Å²) in [5.74, 6) is 1.02. The fourth-order valence-electron chi connectivity index (χ4n) is 1.81. The molecule has 24 heavy (non-hydrogen) atoms. The number of hydrogen-bond acceptors (Lipinski definition) is 5. The first-order valence-corrected chi connectivity index (χ1v) is 8.56. The number of hydrazine groups is 1. The van der Waals surface area contributed by atoms with Crippen LogP contribution in [0.1, 0.15) is 0 Å². The van der Waals surface area contributed by atoms with Crippen LogP contribution in [0.25, 0.3) is 0 Å². The van der Waals surface area contributed by atoms with Crippen LogP contribution >= 0.6 is 69.6 Å². The van der Waals surface area contributed by atoms with Crippen LogP contribution in [0.4, 0.5) is 5.69 Å². The third-order valence-electron chi connectivity index (χ3n) is 2.92. The smallest absolute Gasteiger partial charge is 0.234 e. The number of hydrazone groups is 1. The lowest BCUT2D eigenvalue weighted by Crippen LogP contribution is -2.43. The van der Waals surface area contributed by atoms with Crippen molar-refractivity contribution in [1.82, 2.24) is 5.43 Å². The number of nitrogens with zero attached hydrogens (tertiary/aromatic N) is 2. The van der Waals surface area contributed by atoms with Gasteiger partial charge >= 0.3 is 0 Å². The van der Waals surface area contributed by atoms with E-state index in [9.17, 15) is 0 Å². The van der Waals surface area contributed by atoms with E-state index in [0.717, 1.165) is 0 Å². The van der Waals surface area contributed by atoms with E-state index in [1.807, 2.05) is 0 Å². The minimum absolute atomic E-state index is 0.0716. The Balaban J connectivity index is 2.47. The fourth-order valence-corrected chi connectivity index (χ4v) is 2.37. The van der Waals surface area contributed by atoms with Crippen LogP contribution in [-0.2, 0) is 0 Å². The Labute approximate surface area is 168 Å². The quantitative estimate of drug-likeness (QED) is 0.653. The van der Waals surface area contributed by atoms with E-state index in [4.69, 9.17) is 79.1 Å². The number of anilines is 1. The summed E-state index contributed by atoms with van der Waals surface area (Å²) in [6, 6.07) is 5.05. The molecule has 0 aliphatic carbocycles. The zero-order valence-corrected chi connectivity index (χ0v) is 16.8. The Morgan fingerprint density at radius 1 is 0.958 bits per heavy atom. The van der Waals surface area contributed by atoms with Crippen LogP contribution in [0.2, 0.25) is 0 Å². The highest BCUT2D eigenvalue weighted by molar-refractivity contribution is 6.78. The number of benzene rings is 1. The molecule has 0 unspecified atom stereocenters. The van der Waals surface area contributed by atoms with Crippen molar-refractivity contribution in [3.05, 3.63) is 30.0 Å². The minimum Gasteiger partial charge on any atom is -0.493 e. The molecule has 2 rings (SSSR count). The number of alkyl halides is 6. The van der Waals surface area contributed by atoms with Crippen LogP contribution < -0.4 is 20.0 Å². The molecular weight excluding hydrogens is 443 g/mol. The van der Waals surface area contributed by atoms with Gasteiger partial charge in [0.15, 0.2) is 11.5 Å². The third kappa shape index (κ3) is 4.59. The van der Waals surface area contributed by atoms with Gasteiger partial charge in [0.2, 0.25) is 7.59 Å². The summed E-state index contributed by atoms with van der Waals surface area (Å²) in [6.45, 7) is 0. The number of allylic oxidation sites excluding steroid dienone is 2. The van der Waals surface area contributed by atoms with Gasteiger partial charge in [0.1, 0.15) is 5.71 Å². The Hall–Kier alpha value is -0.430. The molecule has 5 nitrogen and oxygen atoms in total. The van der Waals surface area contributed by atoms with E-state index >= 15 is 0 Å². The molecule has 0 saturated heterocycles. The average Bonchev–Trinajstić information content (AvgIpc) is 2.52. The summed E-state index contributed by atoms with van der Waals surface area (Å²) < 4.78 is 6.87. The van der Waals surface area contributed by atoms with E-state index in [1.165, 1.54) is 25.4 Å². The molecule has 1 heterocycles. The first-order chi connectivity index (χ1) is 11.1. The summed E-state index contributed by atoms with van der Waals surface area (Å²) in [6.07, 6.45) is 1.36. The third-order valence-corrected chi connectivity index (χ3v) is 4.11. The van der Waals surface area contributed by atoms with Crippen LogP contribution in [-0.4, -0.2) is 27.5 Å². The zero-order valence-electron chi connectivity index (χ0n) is 12.3. The van der Waals surface area contributed by atoms with Crippen LogP contribution in [0.5, 0.6) is 11.5 Å². The van der Waals surface area contributed by atoms with Crippen molar-refractivity contribution in [2.24, 2.45) is 5.10 Å². The van der Waals surface area contributed by atoms with Crippen molar-refractivity contribution in [1.29, 1.82) is 0 Å². The number of hydrogen-bond donors (Lipinski definition) is 1. The normalized spacial score (nSPS) is 15.4. The molecule has 11 heteroatoms. The molecule has 1 aromatic rings. The summed E-state index contributed by atoms with van der Waals surface area (Å²) >= 11 is 35.5. The molecule has 0 bridgehead atoms. The standard InChI is InChI=1S/C13H11Cl6N3O2/c1-23-8-4-3-7(5-9(8)24-2)22-20-10(12(14,15)16)6-11(21-22)13(17,18)19/h3-6,20H,1-2H3. The van der Waals surface area contributed by atoms with Crippen LogP contribution in [0.15, 0.2) is 35.1 Å². The predicted molar refractivity (Wildman–Crippen MR) is 101 cm³/mol. The molecule has 0 radical (unpaired) electrons. The number of halogens is 6. The molecule has 1 aromatic carbocycles. The van der Waals surface area contributed by atoms with Gasteiger partial charge in [-0.05, 0) is 18.2 Å². The first kappa shape index (κ1) is 19.9. The van der Waals surface area contributed by atoms with Crippen molar-refractivity contribution >= 4 is 81.0 Å². The lowest BCUT2D eigenvalue weighted by atomic mass is 10.2. The van der Waals surface area contributed by atoms with Gasteiger partial charge in [-0.2, -0.15) is 10.2 Å². The monoisotopic (exact) mass is 451 g/mol. The Bertz CT molecular complexity index is 681. The summed E-state index contributed by atoms with van der Waals surface area (Å²) in [4.78, 5) is 0. The molecule has 1 N–H and O–H groups in total. The van der Waals surface area contributed by atoms with E-state index in [-0.39, 0.29) is 11.4 Å². The van der Waals surface area contributed by atoms with Crippen LogP contribution in [0, 0.1) is 0 Å². The molecule has 1 aliphatic heterocycles. The Morgan fingerprint density at radius 2 is 1.58 bits per heavy atom. The lowest BCUT2D eigenvalue weighted by molar-refractivity contribution is 0.355. The van der Waals surface area contributed by atoms with E-state index in [1.54, 1.807) is 18.2 Å². The van der Waals surface area contributed by atoms with Gasteiger partial charge in [0.05, 0.1) is 25.6 Å². The van der Waals surface area contributed by atoms with E-state index in [0.29, 0.717) is 17.2 Å². The number of ether oxygens (including phenoxy) is 2. The lowest BCUT2D eigenvalue weighted by Gasteiger charge is -2.31. The molecule has 0 atom stereocenters. The van der Waals surface area contributed by atoms with E-state index < -0.39 is 7.59 Å². The van der Waals surface area contributed by atoms with Gasteiger partial charge in [-0.15, -0.1) is 0 Å². The maximum atomic E-state index is 5.93. The van der Waals surface area contributed by atoms with Crippen molar-refractivity contribution in [3.63, 3.8) is 0 Å². The summed E-state index contributed by atoms with van der Waals surface area (Å²) in [5.41, 5.74) is 3.62. The average molecular weight is 454 g/mol. The maximum Gasteiger partial charge on any atom is 0.234 e. The highest BCUT2D eigenvalue weighted by Crippen LogP contribution is 2.39. The second-order valence-corrected chi connectivity index (χ2v) is 9.06. The Morgan fingerprint density at radius 3 is 2.08 bits per heavy atom. The van der Waals surface area contributed by atoms with Gasteiger partial charge in [-0.1, -0.05) is 69.6 Å². The molecular formula is C13H11Cl6N3O2. The van der Waals surface area contributed by atoms with Gasteiger partial charge in [-0.25, -0.2) is 0 Å². The van der Waals surface area contributed by atoms with Gasteiger partial charge in [0, 0.05) is 6.07 Å². The van der Waals surface area contributed by atoms with Crippen molar-refractivity contribution < 1.29 is 9.47 Å². The Kier molecular flexibility index (Phi) is 6.17. The fraction of sp³-hybridized carbons (Fsp3) is 0.308. The van der Waals surface area contributed by atoms with Crippen LogP contribution in [0.3, 0.4) is 0 Å². The topological polar surface area (TPSA) is 46.1 Å².